The van der Waals surface area contributed by atoms with E-state index in [2.05, 4.69) is 17.6 Å². The molecular weight excluding hydrogens is 136 g/mol. The van der Waals surface area contributed by atoms with Crippen LogP contribution in [-0.2, 0) is 0 Å². The fourth-order valence-corrected chi connectivity index (χ4v) is 0.385. The highest BCUT2D eigenvalue weighted by Gasteiger charge is 1.57. The Kier molecular flexibility index (Phi) is 6.96. The summed E-state index contributed by atoms with van der Waals surface area (Å²) in [6, 6.07) is 12.0. The molecular formula is C6H9ClN2. The maximum absolute atomic E-state index is 4.53. The lowest BCUT2D eigenvalue weighted by atomic mass is 10.4. The van der Waals surface area contributed by atoms with Gasteiger partial charge in [-0.15, -0.1) is 0 Å². The SMILES string of the molecule is NNCl.c1ccccc1. The van der Waals surface area contributed by atoms with Gasteiger partial charge in [0.25, 0.3) is 0 Å². The van der Waals surface area contributed by atoms with Gasteiger partial charge < -0.3 is 0 Å². The fourth-order valence-electron chi connectivity index (χ4n) is 0.385. The van der Waals surface area contributed by atoms with Crippen LogP contribution in [0.1, 0.15) is 0 Å². The number of halogens is 1. The molecule has 0 spiro atoms. The summed E-state index contributed by atoms with van der Waals surface area (Å²) in [5, 5.41) is 0. The summed E-state index contributed by atoms with van der Waals surface area (Å²) in [7, 11) is 0. The van der Waals surface area contributed by atoms with Crippen LogP contribution in [0.25, 0.3) is 0 Å². The van der Waals surface area contributed by atoms with Crippen LogP contribution in [-0.4, -0.2) is 0 Å². The summed E-state index contributed by atoms with van der Waals surface area (Å²) in [5.41, 5.74) is 0. The monoisotopic (exact) mass is 144 g/mol. The highest BCUT2D eigenvalue weighted by atomic mass is 35.5. The molecule has 3 N–H and O–H groups in total. The Morgan fingerprint density at radius 3 is 1.11 bits per heavy atom. The number of benzene rings is 1. The van der Waals surface area contributed by atoms with Crippen molar-refractivity contribution in [2.24, 2.45) is 5.84 Å². The first-order chi connectivity index (χ1) is 4.41. The van der Waals surface area contributed by atoms with E-state index in [1.807, 2.05) is 36.4 Å². The van der Waals surface area contributed by atoms with E-state index in [-0.39, 0.29) is 0 Å². The molecule has 0 atom stereocenters. The van der Waals surface area contributed by atoms with Crippen molar-refractivity contribution in [1.29, 1.82) is 0 Å². The van der Waals surface area contributed by atoms with Crippen molar-refractivity contribution in [2.75, 3.05) is 0 Å². The second kappa shape index (κ2) is 7.43. The predicted molar refractivity (Wildman–Crippen MR) is 39.6 cm³/mol. The zero-order valence-corrected chi connectivity index (χ0v) is 5.68. The van der Waals surface area contributed by atoms with Crippen LogP contribution < -0.4 is 10.8 Å². The predicted octanol–water partition coefficient (Wildman–Crippen LogP) is 1.29. The number of nitrogens with one attached hydrogen (secondary N) is 1. The molecule has 0 bridgehead atoms. The molecule has 0 aromatic heterocycles. The zero-order valence-electron chi connectivity index (χ0n) is 4.92. The van der Waals surface area contributed by atoms with Gasteiger partial charge >= 0.3 is 0 Å². The van der Waals surface area contributed by atoms with Crippen molar-refractivity contribution < 1.29 is 0 Å². The summed E-state index contributed by atoms with van der Waals surface area (Å²) in [6.07, 6.45) is 0. The molecule has 0 saturated heterocycles. The molecule has 0 fully saturated rings. The third-order valence-corrected chi connectivity index (χ3v) is 0.667. The largest absolute Gasteiger partial charge is 0.257 e. The van der Waals surface area contributed by atoms with Gasteiger partial charge in [0, 0.05) is 0 Å². The molecule has 1 aromatic rings. The Hall–Kier alpha value is -0.570. The molecule has 0 unspecified atom stereocenters. The molecule has 2 nitrogen and oxygen atoms in total. The van der Waals surface area contributed by atoms with Crippen LogP contribution in [0.4, 0.5) is 0 Å². The van der Waals surface area contributed by atoms with E-state index in [0.29, 0.717) is 0 Å². The number of nitrogens with two attached hydrogens (primary N) is 1. The van der Waals surface area contributed by atoms with E-state index in [1.165, 1.54) is 0 Å². The first-order valence-electron chi connectivity index (χ1n) is 2.48. The van der Waals surface area contributed by atoms with Crippen molar-refractivity contribution in [3.63, 3.8) is 0 Å². The van der Waals surface area contributed by atoms with Crippen LogP contribution in [0, 0.1) is 0 Å². The van der Waals surface area contributed by atoms with E-state index in [1.54, 1.807) is 4.94 Å². The molecule has 0 aliphatic carbocycles. The molecule has 3 heteroatoms. The quantitative estimate of drug-likeness (QED) is 0.327. The Morgan fingerprint density at radius 1 is 0.889 bits per heavy atom. The van der Waals surface area contributed by atoms with Gasteiger partial charge in [-0.2, -0.15) is 4.94 Å². The van der Waals surface area contributed by atoms with E-state index < -0.39 is 0 Å². The normalized spacial score (nSPS) is 7.33. The number of hydrazine groups is 1. The summed E-state index contributed by atoms with van der Waals surface area (Å²) in [5.74, 6) is 4.36. The molecule has 0 aliphatic rings. The van der Waals surface area contributed by atoms with Gasteiger partial charge in [0.2, 0.25) is 0 Å². The fraction of sp³-hybridized carbons (Fsp3) is 0. The van der Waals surface area contributed by atoms with E-state index >= 15 is 0 Å². The second-order valence-corrected chi connectivity index (χ2v) is 1.48. The first kappa shape index (κ1) is 8.43. The molecule has 0 amide bonds. The minimum atomic E-state index is 1.72. The average molecular weight is 145 g/mol. The van der Waals surface area contributed by atoms with Crippen LogP contribution in [0.15, 0.2) is 36.4 Å². The molecule has 1 rings (SSSR count). The summed E-state index contributed by atoms with van der Waals surface area (Å²) < 4.78 is 0. The number of rotatable bonds is 0. The third kappa shape index (κ3) is 7.43. The highest BCUT2D eigenvalue weighted by molar-refractivity contribution is 6.12. The Balaban J connectivity index is 0.000000187. The van der Waals surface area contributed by atoms with Gasteiger partial charge in [0.1, 0.15) is 0 Å². The molecule has 9 heavy (non-hydrogen) atoms. The standard InChI is InChI=1S/C6H6.ClH3N2/c1-2-4-6-5-3-1;1-3-2/h1-6H;3H,2H2. The number of hydrogen-bond donors (Lipinski definition) is 2. The summed E-state index contributed by atoms with van der Waals surface area (Å²) >= 11 is 4.53. The summed E-state index contributed by atoms with van der Waals surface area (Å²) in [4.78, 5) is 1.72. The van der Waals surface area contributed by atoms with Crippen molar-refractivity contribution >= 4 is 11.8 Å². The van der Waals surface area contributed by atoms with Gasteiger partial charge in [0.05, 0.1) is 0 Å². The summed E-state index contributed by atoms with van der Waals surface area (Å²) in [6.45, 7) is 0. The molecule has 50 valence electrons. The lowest BCUT2D eigenvalue weighted by Gasteiger charge is -1.69. The van der Waals surface area contributed by atoms with Crippen LogP contribution >= 0.6 is 11.8 Å². The van der Waals surface area contributed by atoms with Crippen molar-refractivity contribution in [3.05, 3.63) is 36.4 Å². The van der Waals surface area contributed by atoms with Gasteiger partial charge in [-0.3, -0.25) is 5.84 Å². The topological polar surface area (TPSA) is 38.0 Å². The molecule has 0 radical (unpaired) electrons. The van der Waals surface area contributed by atoms with Crippen molar-refractivity contribution in [3.8, 4) is 0 Å². The maximum Gasteiger partial charge on any atom is -0.00899 e. The van der Waals surface area contributed by atoms with E-state index in [4.69, 9.17) is 0 Å². The lowest BCUT2D eigenvalue weighted by Crippen LogP contribution is -2.05. The minimum Gasteiger partial charge on any atom is -0.257 e. The van der Waals surface area contributed by atoms with Gasteiger partial charge in [-0.25, -0.2) is 0 Å². The van der Waals surface area contributed by atoms with Gasteiger partial charge in [0.15, 0.2) is 0 Å². The van der Waals surface area contributed by atoms with Crippen LogP contribution in [0.5, 0.6) is 0 Å². The smallest absolute Gasteiger partial charge is 0.00899 e. The van der Waals surface area contributed by atoms with Crippen molar-refractivity contribution in [1.82, 2.24) is 4.94 Å². The molecule has 1 aromatic carbocycles. The lowest BCUT2D eigenvalue weighted by molar-refractivity contribution is 1.10. The van der Waals surface area contributed by atoms with E-state index in [9.17, 15) is 0 Å². The third-order valence-electron chi connectivity index (χ3n) is 0.667. The van der Waals surface area contributed by atoms with Crippen LogP contribution in [0.2, 0.25) is 0 Å². The average Bonchev–Trinajstić information content (AvgIpc) is 1.93. The highest BCUT2D eigenvalue weighted by Crippen LogP contribution is 1.79. The molecule has 0 aliphatic heterocycles. The van der Waals surface area contributed by atoms with Gasteiger partial charge in [-0.1, -0.05) is 36.4 Å². The Morgan fingerprint density at radius 2 is 1.00 bits per heavy atom. The molecule has 0 heterocycles. The Labute approximate surface area is 59.7 Å². The van der Waals surface area contributed by atoms with Gasteiger partial charge in [-0.05, 0) is 11.8 Å². The second-order valence-electron chi connectivity index (χ2n) is 1.26. The number of hydrogen-bond acceptors (Lipinski definition) is 2. The van der Waals surface area contributed by atoms with Crippen molar-refractivity contribution in [2.45, 2.75) is 0 Å². The Bertz CT molecular complexity index is 93.9. The van der Waals surface area contributed by atoms with Crippen LogP contribution in [0.3, 0.4) is 0 Å². The van der Waals surface area contributed by atoms with E-state index in [0.717, 1.165) is 0 Å². The maximum atomic E-state index is 4.53. The minimum absolute atomic E-state index is 1.72. The molecule has 0 saturated carbocycles. The first-order valence-corrected chi connectivity index (χ1v) is 2.86. The zero-order chi connectivity index (χ0) is 6.95.